The lowest BCUT2D eigenvalue weighted by atomic mass is 10.1. The van der Waals surface area contributed by atoms with E-state index in [1.165, 1.54) is 23.5 Å². The van der Waals surface area contributed by atoms with E-state index in [9.17, 15) is 17.6 Å². The van der Waals surface area contributed by atoms with Gasteiger partial charge in [0, 0.05) is 6.54 Å². The van der Waals surface area contributed by atoms with Crippen LogP contribution < -0.4 is 5.32 Å². The predicted molar refractivity (Wildman–Crippen MR) is 130 cm³/mol. The maximum Gasteiger partial charge on any atom is 0.252 e. The molecule has 0 aliphatic carbocycles. The number of carbonyl (C=O) groups excluding carboxylic acids is 1. The molecule has 7 nitrogen and oxygen atoms in total. The van der Waals surface area contributed by atoms with Crippen LogP contribution in [0.3, 0.4) is 0 Å². The number of halogens is 1. The molecule has 0 spiro atoms. The molecule has 34 heavy (non-hydrogen) atoms. The zero-order chi connectivity index (χ0) is 23.9. The highest BCUT2D eigenvalue weighted by Crippen LogP contribution is 2.33. The van der Waals surface area contributed by atoms with Crippen LogP contribution in [0.4, 0.5) is 4.39 Å². The van der Waals surface area contributed by atoms with Gasteiger partial charge in [0.1, 0.15) is 5.82 Å². The molecule has 0 unspecified atom stereocenters. The first-order valence-electron chi connectivity index (χ1n) is 11.0. The smallest absolute Gasteiger partial charge is 0.252 e. The van der Waals surface area contributed by atoms with E-state index in [-0.39, 0.29) is 29.3 Å². The van der Waals surface area contributed by atoms with Gasteiger partial charge >= 0.3 is 0 Å². The number of carbonyl (C=O) groups is 1. The molecule has 1 atom stereocenters. The Hall–Kier alpha value is -3.11. The second kappa shape index (κ2) is 8.92. The summed E-state index contributed by atoms with van der Waals surface area (Å²) in [6.07, 6.45) is 1.04. The molecule has 0 saturated carbocycles. The van der Waals surface area contributed by atoms with Crippen molar-refractivity contribution in [1.82, 2.24) is 20.1 Å². The number of hydrogen-bond acceptors (Lipinski definition) is 6. The Morgan fingerprint density at radius 1 is 1.26 bits per heavy atom. The Balaban J connectivity index is 1.51. The van der Waals surface area contributed by atoms with E-state index in [0.29, 0.717) is 47.4 Å². The molecule has 0 radical (unpaired) electrons. The van der Waals surface area contributed by atoms with Gasteiger partial charge in [0.25, 0.3) is 5.91 Å². The van der Waals surface area contributed by atoms with E-state index < -0.39 is 9.84 Å². The van der Waals surface area contributed by atoms with Crippen LogP contribution in [0.25, 0.3) is 21.6 Å². The zero-order valence-corrected chi connectivity index (χ0v) is 20.1. The molecule has 1 aromatic carbocycles. The topological polar surface area (TPSA) is 93.9 Å². The van der Waals surface area contributed by atoms with Crippen molar-refractivity contribution in [3.05, 3.63) is 70.5 Å². The summed E-state index contributed by atoms with van der Waals surface area (Å²) in [5, 5.41) is 10.1. The van der Waals surface area contributed by atoms with Crippen molar-refractivity contribution in [2.24, 2.45) is 0 Å². The fraction of sp³-hybridized carbons (Fsp3) is 0.292. The number of hydrogen-bond donors (Lipinski definition) is 1. The normalized spacial score (nSPS) is 17.3. The number of benzene rings is 1. The average Bonchev–Trinajstić information content (AvgIpc) is 3.54. The first-order chi connectivity index (χ1) is 16.3. The number of pyridine rings is 1. The Morgan fingerprint density at radius 2 is 2.06 bits per heavy atom. The second-order valence-electron chi connectivity index (χ2n) is 8.45. The van der Waals surface area contributed by atoms with Crippen LogP contribution in [0.15, 0.2) is 47.8 Å². The summed E-state index contributed by atoms with van der Waals surface area (Å²) >= 11 is 1.52. The number of aromatic nitrogens is 3. The number of fused-ring (bicyclic) bond motifs is 1. The molecule has 5 rings (SSSR count). The SMILES string of the molecule is Cc1nn([C@@H]2CCS(=O)(=O)C2)c2nc(-c3cccs3)cc(C(=O)NCCc3ccc(F)cc3)c12. The van der Waals surface area contributed by atoms with Gasteiger partial charge in [0.2, 0.25) is 0 Å². The standard InChI is InChI=1S/C24H23FN4O3S2/c1-15-22-19(24(30)26-10-8-16-4-6-17(25)7-5-16)13-20(21-3-2-11-33-21)27-23(22)29(28-15)18-9-12-34(31,32)14-18/h2-7,11,13,18H,8-10,12,14H2,1H3,(H,26,30)/t18-/m1/s1. The monoisotopic (exact) mass is 498 g/mol. The molecule has 1 amide bonds. The molecule has 1 fully saturated rings. The van der Waals surface area contributed by atoms with Crippen LogP contribution in [0.2, 0.25) is 0 Å². The summed E-state index contributed by atoms with van der Waals surface area (Å²) in [5.41, 5.74) is 3.18. The fourth-order valence-electron chi connectivity index (χ4n) is 4.33. The summed E-state index contributed by atoms with van der Waals surface area (Å²) in [6.45, 7) is 2.20. The van der Waals surface area contributed by atoms with E-state index in [1.807, 2.05) is 24.4 Å². The van der Waals surface area contributed by atoms with Crippen molar-refractivity contribution in [2.75, 3.05) is 18.1 Å². The van der Waals surface area contributed by atoms with Gasteiger partial charge in [-0.1, -0.05) is 18.2 Å². The molecule has 3 aromatic heterocycles. The van der Waals surface area contributed by atoms with Crippen molar-refractivity contribution in [2.45, 2.75) is 25.8 Å². The molecule has 10 heteroatoms. The van der Waals surface area contributed by atoms with Gasteiger partial charge in [-0.05, 0) is 55.0 Å². The highest BCUT2D eigenvalue weighted by Gasteiger charge is 2.32. The van der Waals surface area contributed by atoms with Crippen molar-refractivity contribution >= 4 is 38.1 Å². The molecule has 1 saturated heterocycles. The number of nitrogens with zero attached hydrogens (tertiary/aromatic N) is 3. The summed E-state index contributed by atoms with van der Waals surface area (Å²) in [7, 11) is -3.11. The van der Waals surface area contributed by atoms with Crippen LogP contribution in [0.5, 0.6) is 0 Å². The summed E-state index contributed by atoms with van der Waals surface area (Å²) in [5.74, 6) is -0.406. The Bertz CT molecular complexity index is 1460. The van der Waals surface area contributed by atoms with E-state index >= 15 is 0 Å². The summed E-state index contributed by atoms with van der Waals surface area (Å²) in [4.78, 5) is 19.0. The lowest BCUT2D eigenvalue weighted by Gasteiger charge is -2.12. The number of aryl methyl sites for hydroxylation is 1. The average molecular weight is 499 g/mol. The van der Waals surface area contributed by atoms with Crippen LogP contribution in [-0.4, -0.2) is 47.1 Å². The van der Waals surface area contributed by atoms with E-state index in [1.54, 1.807) is 22.9 Å². The summed E-state index contributed by atoms with van der Waals surface area (Å²) < 4.78 is 39.0. The molecular formula is C24H23FN4O3S2. The number of amides is 1. The maximum atomic E-state index is 13.3. The number of rotatable bonds is 6. The molecule has 176 valence electrons. The quantitative estimate of drug-likeness (QED) is 0.435. The van der Waals surface area contributed by atoms with Crippen molar-refractivity contribution in [3.8, 4) is 10.6 Å². The van der Waals surface area contributed by atoms with Crippen LogP contribution in [-0.2, 0) is 16.3 Å². The maximum absolute atomic E-state index is 13.3. The third-order valence-corrected chi connectivity index (χ3v) is 8.66. The summed E-state index contributed by atoms with van der Waals surface area (Å²) in [6, 6.07) is 11.5. The van der Waals surface area contributed by atoms with Gasteiger partial charge in [0.05, 0.1) is 44.8 Å². The van der Waals surface area contributed by atoms with Gasteiger partial charge in [-0.25, -0.2) is 22.5 Å². The van der Waals surface area contributed by atoms with Crippen molar-refractivity contribution in [1.29, 1.82) is 0 Å². The molecule has 0 bridgehead atoms. The molecular weight excluding hydrogens is 475 g/mol. The zero-order valence-electron chi connectivity index (χ0n) is 18.5. The minimum Gasteiger partial charge on any atom is -0.352 e. The molecule has 1 N–H and O–H groups in total. The minimum atomic E-state index is -3.11. The van der Waals surface area contributed by atoms with Crippen molar-refractivity contribution < 1.29 is 17.6 Å². The Labute approximate surface area is 200 Å². The first kappa shape index (κ1) is 22.7. The molecule has 4 heterocycles. The predicted octanol–water partition coefficient (Wildman–Crippen LogP) is 3.94. The minimum absolute atomic E-state index is 0.0212. The third-order valence-electron chi connectivity index (χ3n) is 6.02. The van der Waals surface area contributed by atoms with Crippen LogP contribution in [0.1, 0.15) is 34.1 Å². The lowest BCUT2D eigenvalue weighted by Crippen LogP contribution is -2.26. The number of sulfone groups is 1. The number of nitrogens with one attached hydrogen (secondary N) is 1. The van der Waals surface area contributed by atoms with E-state index in [0.717, 1.165) is 10.4 Å². The lowest BCUT2D eigenvalue weighted by molar-refractivity contribution is 0.0955. The Morgan fingerprint density at radius 3 is 2.74 bits per heavy atom. The van der Waals surface area contributed by atoms with Gasteiger partial charge in [-0.15, -0.1) is 11.3 Å². The van der Waals surface area contributed by atoms with Gasteiger partial charge in [-0.2, -0.15) is 5.10 Å². The largest absolute Gasteiger partial charge is 0.352 e. The van der Waals surface area contributed by atoms with E-state index in [2.05, 4.69) is 10.4 Å². The Kier molecular flexibility index (Phi) is 5.95. The fourth-order valence-corrected chi connectivity index (χ4v) is 6.71. The van der Waals surface area contributed by atoms with Gasteiger partial charge in [0.15, 0.2) is 15.5 Å². The molecule has 4 aromatic rings. The second-order valence-corrected chi connectivity index (χ2v) is 11.6. The molecule has 1 aliphatic heterocycles. The van der Waals surface area contributed by atoms with Crippen LogP contribution >= 0.6 is 11.3 Å². The first-order valence-corrected chi connectivity index (χ1v) is 13.7. The molecule has 1 aliphatic rings. The van der Waals surface area contributed by atoms with Gasteiger partial charge in [-0.3, -0.25) is 4.79 Å². The van der Waals surface area contributed by atoms with Crippen LogP contribution in [0, 0.1) is 12.7 Å². The van der Waals surface area contributed by atoms with Gasteiger partial charge < -0.3 is 5.32 Å². The highest BCUT2D eigenvalue weighted by atomic mass is 32.2. The third kappa shape index (κ3) is 4.47. The van der Waals surface area contributed by atoms with E-state index in [4.69, 9.17) is 4.98 Å². The number of thiophene rings is 1. The highest BCUT2D eigenvalue weighted by molar-refractivity contribution is 7.91. The van der Waals surface area contributed by atoms with Crippen molar-refractivity contribution in [3.63, 3.8) is 0 Å².